The number of rotatable bonds is 4. The van der Waals surface area contributed by atoms with Crippen molar-refractivity contribution in [3.8, 4) is 0 Å². The van der Waals surface area contributed by atoms with Gasteiger partial charge in [0.05, 0.1) is 0 Å². The van der Waals surface area contributed by atoms with Crippen LogP contribution in [-0.2, 0) is 0 Å². The Kier molecular flexibility index (Phi) is 5.03. The second kappa shape index (κ2) is 5.71. The first-order valence-electron chi connectivity index (χ1n) is 7.29. The van der Waals surface area contributed by atoms with Gasteiger partial charge in [-0.1, -0.05) is 34.6 Å². The minimum atomic E-state index is 0.258. The van der Waals surface area contributed by atoms with Crippen LogP contribution >= 0.6 is 0 Å². The molecule has 1 aliphatic rings. The molecule has 1 N–H and O–H groups in total. The van der Waals surface area contributed by atoms with E-state index >= 15 is 0 Å². The minimum Gasteiger partial charge on any atom is -0.309 e. The first kappa shape index (κ1) is 15.0. The maximum absolute atomic E-state index is 3.70. The predicted molar refractivity (Wildman–Crippen MR) is 76.3 cm³/mol. The zero-order valence-electron chi connectivity index (χ0n) is 12.9. The molecule has 1 saturated heterocycles. The van der Waals surface area contributed by atoms with Crippen molar-refractivity contribution in [2.75, 3.05) is 13.1 Å². The van der Waals surface area contributed by atoms with Gasteiger partial charge in [0.15, 0.2) is 0 Å². The third-order valence-corrected chi connectivity index (χ3v) is 4.18. The van der Waals surface area contributed by atoms with E-state index < -0.39 is 0 Å². The first-order valence-corrected chi connectivity index (χ1v) is 7.29. The zero-order valence-corrected chi connectivity index (χ0v) is 12.9. The summed E-state index contributed by atoms with van der Waals surface area (Å²) in [5.41, 5.74) is 0.258. The number of hydrogen-bond acceptors (Lipinski definition) is 2. The van der Waals surface area contributed by atoms with Crippen LogP contribution in [0, 0.1) is 11.8 Å². The van der Waals surface area contributed by atoms with Crippen molar-refractivity contribution in [2.45, 2.75) is 72.5 Å². The van der Waals surface area contributed by atoms with Gasteiger partial charge in [-0.3, -0.25) is 4.90 Å². The molecule has 0 spiro atoms. The van der Waals surface area contributed by atoms with Gasteiger partial charge in [-0.25, -0.2) is 0 Å². The largest absolute Gasteiger partial charge is 0.309 e. The van der Waals surface area contributed by atoms with E-state index in [4.69, 9.17) is 0 Å². The van der Waals surface area contributed by atoms with Crippen molar-refractivity contribution in [1.29, 1.82) is 0 Å². The summed E-state index contributed by atoms with van der Waals surface area (Å²) in [6.45, 7) is 18.7. The van der Waals surface area contributed by atoms with Gasteiger partial charge in [0.25, 0.3) is 0 Å². The fraction of sp³-hybridized carbons (Fsp3) is 1.00. The van der Waals surface area contributed by atoms with Crippen LogP contribution in [0.15, 0.2) is 0 Å². The molecule has 2 atom stereocenters. The van der Waals surface area contributed by atoms with Crippen molar-refractivity contribution in [1.82, 2.24) is 10.2 Å². The minimum absolute atomic E-state index is 0.258. The molecule has 0 aromatic rings. The highest BCUT2D eigenvalue weighted by molar-refractivity contribution is 4.96. The molecule has 1 aliphatic heterocycles. The van der Waals surface area contributed by atoms with Crippen molar-refractivity contribution in [3.63, 3.8) is 0 Å². The zero-order chi connectivity index (χ0) is 13.2. The van der Waals surface area contributed by atoms with Crippen molar-refractivity contribution >= 4 is 0 Å². The molecule has 0 aromatic heterocycles. The highest BCUT2D eigenvalue weighted by atomic mass is 15.3. The summed E-state index contributed by atoms with van der Waals surface area (Å²) in [6, 6.07) is 1.42. The molecule has 1 heterocycles. The van der Waals surface area contributed by atoms with E-state index in [0.29, 0.717) is 6.04 Å². The molecule has 2 heteroatoms. The smallest absolute Gasteiger partial charge is 0.0253 e. The summed E-state index contributed by atoms with van der Waals surface area (Å²) in [5.74, 6) is 1.47. The monoisotopic (exact) mass is 240 g/mol. The second-order valence-corrected chi connectivity index (χ2v) is 6.97. The predicted octanol–water partition coefficient (Wildman–Crippen LogP) is 3.13. The van der Waals surface area contributed by atoms with Crippen LogP contribution < -0.4 is 5.32 Å². The summed E-state index contributed by atoms with van der Waals surface area (Å²) in [7, 11) is 0. The SMILES string of the molecule is CCC(C(C)C)N1CC(C)(C)NCC1C(C)C. The topological polar surface area (TPSA) is 15.3 Å². The molecule has 1 fully saturated rings. The lowest BCUT2D eigenvalue weighted by molar-refractivity contribution is 0.0133. The molecule has 0 bridgehead atoms. The summed E-state index contributed by atoms with van der Waals surface area (Å²) < 4.78 is 0. The van der Waals surface area contributed by atoms with Gasteiger partial charge >= 0.3 is 0 Å². The number of hydrogen-bond donors (Lipinski definition) is 1. The van der Waals surface area contributed by atoms with E-state index in [9.17, 15) is 0 Å². The van der Waals surface area contributed by atoms with E-state index in [1.807, 2.05) is 0 Å². The van der Waals surface area contributed by atoms with E-state index in [0.717, 1.165) is 24.4 Å². The molecule has 2 nitrogen and oxygen atoms in total. The molecule has 0 saturated carbocycles. The van der Waals surface area contributed by atoms with Gasteiger partial charge < -0.3 is 5.32 Å². The van der Waals surface area contributed by atoms with Crippen molar-refractivity contribution in [2.24, 2.45) is 11.8 Å². The fourth-order valence-electron chi connectivity index (χ4n) is 3.20. The molecule has 2 unspecified atom stereocenters. The van der Waals surface area contributed by atoms with E-state index in [1.165, 1.54) is 13.0 Å². The quantitative estimate of drug-likeness (QED) is 0.812. The summed E-state index contributed by atoms with van der Waals surface area (Å²) >= 11 is 0. The Morgan fingerprint density at radius 2 is 1.82 bits per heavy atom. The third-order valence-electron chi connectivity index (χ3n) is 4.18. The third kappa shape index (κ3) is 3.69. The van der Waals surface area contributed by atoms with Gasteiger partial charge in [0.1, 0.15) is 0 Å². The van der Waals surface area contributed by atoms with Crippen LogP contribution in [0.1, 0.15) is 54.9 Å². The molecule has 1 rings (SSSR count). The molecule has 0 amide bonds. The molecule has 0 aromatic carbocycles. The standard InChI is InChI=1S/C15H32N2/c1-8-13(11(2)3)17-10-15(6,7)16-9-14(17)12(4)5/h11-14,16H,8-10H2,1-7H3. The Bertz CT molecular complexity index is 223. The Morgan fingerprint density at radius 1 is 1.24 bits per heavy atom. The molecular weight excluding hydrogens is 208 g/mol. The highest BCUT2D eigenvalue weighted by Gasteiger charge is 2.37. The van der Waals surface area contributed by atoms with E-state index in [2.05, 4.69) is 58.7 Å². The summed E-state index contributed by atoms with van der Waals surface area (Å²) in [5, 5.41) is 3.70. The molecular formula is C15H32N2. The van der Waals surface area contributed by atoms with E-state index in [-0.39, 0.29) is 5.54 Å². The normalized spacial score (nSPS) is 27.7. The molecule has 102 valence electrons. The maximum Gasteiger partial charge on any atom is 0.0253 e. The van der Waals surface area contributed by atoms with Gasteiger partial charge in [-0.2, -0.15) is 0 Å². The number of piperazine rings is 1. The van der Waals surface area contributed by atoms with Crippen LogP contribution in [-0.4, -0.2) is 35.6 Å². The van der Waals surface area contributed by atoms with Crippen molar-refractivity contribution in [3.05, 3.63) is 0 Å². The average molecular weight is 240 g/mol. The van der Waals surface area contributed by atoms with Crippen LogP contribution in [0.25, 0.3) is 0 Å². The average Bonchev–Trinajstić information content (AvgIpc) is 2.16. The number of nitrogens with one attached hydrogen (secondary N) is 1. The Morgan fingerprint density at radius 3 is 2.24 bits per heavy atom. The molecule has 0 radical (unpaired) electrons. The van der Waals surface area contributed by atoms with Crippen LogP contribution in [0.5, 0.6) is 0 Å². The Hall–Kier alpha value is -0.0800. The maximum atomic E-state index is 3.70. The van der Waals surface area contributed by atoms with Gasteiger partial charge in [-0.15, -0.1) is 0 Å². The Balaban J connectivity index is 2.86. The van der Waals surface area contributed by atoms with Crippen LogP contribution in [0.2, 0.25) is 0 Å². The lowest BCUT2D eigenvalue weighted by Gasteiger charge is -2.50. The fourth-order valence-corrected chi connectivity index (χ4v) is 3.20. The lowest BCUT2D eigenvalue weighted by atomic mass is 9.88. The van der Waals surface area contributed by atoms with Crippen LogP contribution in [0.4, 0.5) is 0 Å². The Labute approximate surface area is 108 Å². The summed E-state index contributed by atoms with van der Waals surface area (Å²) in [4.78, 5) is 2.77. The van der Waals surface area contributed by atoms with Gasteiger partial charge in [0, 0.05) is 30.7 Å². The lowest BCUT2D eigenvalue weighted by Crippen LogP contribution is -2.65. The van der Waals surface area contributed by atoms with Crippen LogP contribution in [0.3, 0.4) is 0 Å². The summed E-state index contributed by atoms with van der Waals surface area (Å²) in [6.07, 6.45) is 1.26. The van der Waals surface area contributed by atoms with E-state index in [1.54, 1.807) is 0 Å². The second-order valence-electron chi connectivity index (χ2n) is 6.97. The highest BCUT2D eigenvalue weighted by Crippen LogP contribution is 2.26. The first-order chi connectivity index (χ1) is 7.78. The van der Waals surface area contributed by atoms with Gasteiger partial charge in [-0.05, 0) is 32.1 Å². The molecule has 17 heavy (non-hydrogen) atoms. The molecule has 0 aliphatic carbocycles. The number of nitrogens with zero attached hydrogens (tertiary/aromatic N) is 1. The van der Waals surface area contributed by atoms with Crippen molar-refractivity contribution < 1.29 is 0 Å². The van der Waals surface area contributed by atoms with Gasteiger partial charge in [0.2, 0.25) is 0 Å².